The van der Waals surface area contributed by atoms with E-state index in [0.717, 1.165) is 53.8 Å². The minimum Gasteiger partial charge on any atom is -0.437 e. The van der Waals surface area contributed by atoms with Crippen LogP contribution in [0.4, 0.5) is 0 Å². The second-order valence-electron chi connectivity index (χ2n) is 8.58. The van der Waals surface area contributed by atoms with Gasteiger partial charge in [0.2, 0.25) is 5.71 Å². The van der Waals surface area contributed by atoms with Gasteiger partial charge in [-0.2, -0.15) is 4.98 Å². The molecule has 5 nitrogen and oxygen atoms in total. The van der Waals surface area contributed by atoms with Crippen LogP contribution in [0.15, 0.2) is 63.8 Å². The predicted molar refractivity (Wildman–Crippen MR) is 124 cm³/mol. The van der Waals surface area contributed by atoms with Crippen molar-refractivity contribution in [2.45, 2.75) is 44.6 Å². The van der Waals surface area contributed by atoms with E-state index >= 15 is 0 Å². The molecule has 1 saturated carbocycles. The van der Waals surface area contributed by atoms with Crippen molar-refractivity contribution in [1.29, 1.82) is 0 Å². The summed E-state index contributed by atoms with van der Waals surface area (Å²) >= 11 is 0. The van der Waals surface area contributed by atoms with Crippen LogP contribution in [0.3, 0.4) is 0 Å². The quantitative estimate of drug-likeness (QED) is 0.491. The first-order chi connectivity index (χ1) is 15.0. The number of fused-ring (bicyclic) bond motifs is 1. The van der Waals surface area contributed by atoms with Crippen molar-refractivity contribution in [3.63, 3.8) is 0 Å². The molecule has 2 aromatic heterocycles. The number of nitrogens with two attached hydrogens (primary N) is 1. The Bertz CT molecular complexity index is 1300. The van der Waals surface area contributed by atoms with Gasteiger partial charge >= 0.3 is 0 Å². The smallest absolute Gasteiger partial charge is 0.265 e. The summed E-state index contributed by atoms with van der Waals surface area (Å²) in [5.41, 5.74) is 10.4. The topological polar surface area (TPSA) is 74.1 Å². The molecular formula is C26H27N3O2. The van der Waals surface area contributed by atoms with E-state index in [2.05, 4.69) is 19.1 Å². The molecule has 0 unspecified atom stereocenters. The summed E-state index contributed by atoms with van der Waals surface area (Å²) in [7, 11) is 1.79. The number of benzene rings is 2. The fraction of sp³-hybridized carbons (Fsp3) is 0.308. The average molecular weight is 414 g/mol. The Labute approximate surface area is 181 Å². The van der Waals surface area contributed by atoms with Gasteiger partial charge in [0.15, 0.2) is 0 Å². The van der Waals surface area contributed by atoms with E-state index in [0.29, 0.717) is 16.9 Å². The molecule has 158 valence electrons. The van der Waals surface area contributed by atoms with Crippen LogP contribution in [0.1, 0.15) is 44.0 Å². The van der Waals surface area contributed by atoms with Gasteiger partial charge in [-0.05, 0) is 36.8 Å². The number of hydrogen-bond donors (Lipinski definition) is 1. The minimum absolute atomic E-state index is 0.0747. The third-order valence-corrected chi connectivity index (χ3v) is 6.53. The summed E-state index contributed by atoms with van der Waals surface area (Å²) in [6, 6.07) is 18.2. The zero-order valence-corrected chi connectivity index (χ0v) is 18.0. The van der Waals surface area contributed by atoms with Crippen molar-refractivity contribution in [3.8, 4) is 22.5 Å². The summed E-state index contributed by atoms with van der Waals surface area (Å²) in [6.45, 7) is 2.08. The molecule has 5 heteroatoms. The molecule has 0 saturated heterocycles. The van der Waals surface area contributed by atoms with Gasteiger partial charge in [-0.25, -0.2) is 0 Å². The summed E-state index contributed by atoms with van der Waals surface area (Å²) < 4.78 is 7.92. The Balaban J connectivity index is 1.74. The standard InChI is InChI=1S/C26H27N3O2/c1-3-8-20-28-24-22(25(30)29(20)2)21(17-9-5-4-6-10-17)23(31-24)18-11-13-19(14-12-18)26(27)15-7-16-26/h4-6,9-14H,3,7-8,15-16,27H2,1-2H3. The Hall–Kier alpha value is -3.18. The summed E-state index contributed by atoms with van der Waals surface area (Å²) in [4.78, 5) is 18.1. The zero-order valence-electron chi connectivity index (χ0n) is 18.0. The van der Waals surface area contributed by atoms with Crippen LogP contribution in [0.2, 0.25) is 0 Å². The van der Waals surface area contributed by atoms with Crippen LogP contribution < -0.4 is 11.3 Å². The normalized spacial score (nSPS) is 15.2. The third kappa shape index (κ3) is 3.20. The van der Waals surface area contributed by atoms with Gasteiger partial charge < -0.3 is 10.2 Å². The van der Waals surface area contributed by atoms with Gasteiger partial charge in [-0.15, -0.1) is 0 Å². The molecule has 1 aliphatic rings. The van der Waals surface area contributed by atoms with Crippen molar-refractivity contribution in [2.75, 3.05) is 0 Å². The van der Waals surface area contributed by atoms with E-state index in [-0.39, 0.29) is 11.1 Å². The Morgan fingerprint density at radius 2 is 1.77 bits per heavy atom. The highest BCUT2D eigenvalue weighted by molar-refractivity contribution is 6.00. The van der Waals surface area contributed by atoms with E-state index in [1.165, 1.54) is 6.42 Å². The number of rotatable bonds is 5. The molecule has 0 bridgehead atoms. The average Bonchev–Trinajstić information content (AvgIpc) is 3.16. The number of aromatic nitrogens is 2. The van der Waals surface area contributed by atoms with Crippen LogP contribution in [0.25, 0.3) is 33.6 Å². The molecule has 0 radical (unpaired) electrons. The summed E-state index contributed by atoms with van der Waals surface area (Å²) in [6.07, 6.45) is 4.85. The van der Waals surface area contributed by atoms with Crippen molar-refractivity contribution in [3.05, 3.63) is 76.3 Å². The lowest BCUT2D eigenvalue weighted by atomic mass is 9.72. The SMILES string of the molecule is CCCc1nc2oc(-c3ccc(C4(N)CCC4)cc3)c(-c3ccccc3)c2c(=O)n1C. The molecular weight excluding hydrogens is 386 g/mol. The molecule has 0 amide bonds. The van der Waals surface area contributed by atoms with Crippen molar-refractivity contribution >= 4 is 11.1 Å². The van der Waals surface area contributed by atoms with Gasteiger partial charge in [0.25, 0.3) is 5.56 Å². The maximum absolute atomic E-state index is 13.3. The van der Waals surface area contributed by atoms with E-state index in [9.17, 15) is 4.79 Å². The lowest BCUT2D eigenvalue weighted by Gasteiger charge is -2.38. The largest absolute Gasteiger partial charge is 0.437 e. The van der Waals surface area contributed by atoms with E-state index in [1.54, 1.807) is 11.6 Å². The number of furan rings is 1. The molecule has 31 heavy (non-hydrogen) atoms. The van der Waals surface area contributed by atoms with Crippen molar-refractivity contribution < 1.29 is 4.42 Å². The van der Waals surface area contributed by atoms with Crippen LogP contribution in [0, 0.1) is 0 Å². The van der Waals surface area contributed by atoms with Crippen LogP contribution in [-0.2, 0) is 19.0 Å². The lowest BCUT2D eigenvalue weighted by molar-refractivity contribution is 0.253. The Morgan fingerprint density at radius 3 is 2.39 bits per heavy atom. The molecule has 5 rings (SSSR count). The fourth-order valence-corrected chi connectivity index (χ4v) is 4.50. The molecule has 1 fully saturated rings. The highest BCUT2D eigenvalue weighted by atomic mass is 16.3. The second-order valence-corrected chi connectivity index (χ2v) is 8.58. The van der Waals surface area contributed by atoms with Gasteiger partial charge in [-0.3, -0.25) is 9.36 Å². The first kappa shape index (κ1) is 19.8. The van der Waals surface area contributed by atoms with E-state index < -0.39 is 0 Å². The summed E-state index contributed by atoms with van der Waals surface area (Å²) in [5, 5.41) is 0.530. The minimum atomic E-state index is -0.207. The van der Waals surface area contributed by atoms with Gasteiger partial charge in [0.05, 0.1) is 0 Å². The maximum Gasteiger partial charge on any atom is 0.265 e. The Morgan fingerprint density at radius 1 is 1.06 bits per heavy atom. The predicted octanol–water partition coefficient (Wildman–Crippen LogP) is 5.15. The van der Waals surface area contributed by atoms with Crippen LogP contribution >= 0.6 is 0 Å². The van der Waals surface area contributed by atoms with Crippen LogP contribution in [-0.4, -0.2) is 9.55 Å². The zero-order chi connectivity index (χ0) is 21.6. The van der Waals surface area contributed by atoms with Gasteiger partial charge in [0, 0.05) is 30.1 Å². The fourth-order valence-electron chi connectivity index (χ4n) is 4.50. The van der Waals surface area contributed by atoms with Gasteiger partial charge in [-0.1, -0.05) is 61.5 Å². The highest BCUT2D eigenvalue weighted by Crippen LogP contribution is 2.42. The molecule has 0 atom stereocenters. The first-order valence-corrected chi connectivity index (χ1v) is 11.0. The number of hydrogen-bond acceptors (Lipinski definition) is 4. The molecule has 0 aliphatic heterocycles. The highest BCUT2D eigenvalue weighted by Gasteiger charge is 2.34. The molecule has 1 aliphatic carbocycles. The summed E-state index contributed by atoms with van der Waals surface area (Å²) in [5.74, 6) is 1.41. The van der Waals surface area contributed by atoms with Crippen LogP contribution in [0.5, 0.6) is 0 Å². The Kier molecular flexibility index (Phi) is 4.78. The van der Waals surface area contributed by atoms with Crippen molar-refractivity contribution in [1.82, 2.24) is 9.55 Å². The van der Waals surface area contributed by atoms with Gasteiger partial charge in [0.1, 0.15) is 17.0 Å². The molecule has 2 heterocycles. The first-order valence-electron chi connectivity index (χ1n) is 11.0. The third-order valence-electron chi connectivity index (χ3n) is 6.53. The van der Waals surface area contributed by atoms with E-state index in [1.807, 2.05) is 42.5 Å². The lowest BCUT2D eigenvalue weighted by Crippen LogP contribution is -2.43. The maximum atomic E-state index is 13.3. The molecule has 2 N–H and O–H groups in total. The molecule has 2 aromatic carbocycles. The van der Waals surface area contributed by atoms with Crippen molar-refractivity contribution in [2.24, 2.45) is 12.8 Å². The van der Waals surface area contributed by atoms with E-state index in [4.69, 9.17) is 15.1 Å². The number of nitrogens with zero attached hydrogens (tertiary/aromatic N) is 2. The molecule has 4 aromatic rings. The molecule has 0 spiro atoms. The second kappa shape index (κ2) is 7.50. The monoisotopic (exact) mass is 413 g/mol. The number of aryl methyl sites for hydroxylation is 1.